The topological polar surface area (TPSA) is 44.5 Å². The lowest BCUT2D eigenvalue weighted by molar-refractivity contribution is -0.0826. The predicted octanol–water partition coefficient (Wildman–Crippen LogP) is 1.73. The quantitative estimate of drug-likeness (QED) is 0.719. The van der Waals surface area contributed by atoms with Gasteiger partial charge in [-0.25, -0.2) is 0 Å². The lowest BCUT2D eigenvalue weighted by Gasteiger charge is -2.19. The standard InChI is InChI=1S/C10H15NO2/c1-10(2,11)13-8-12-9-6-4-3-5-7-9/h3-7H,8,11H2,1-2H3. The number of hydrogen-bond acceptors (Lipinski definition) is 3. The maximum atomic E-state index is 5.60. The van der Waals surface area contributed by atoms with Crippen LogP contribution in [0.4, 0.5) is 0 Å². The van der Waals surface area contributed by atoms with Crippen LogP contribution in [0.3, 0.4) is 0 Å². The summed E-state index contributed by atoms with van der Waals surface area (Å²) in [5.74, 6) is 0.784. The SMILES string of the molecule is CC(C)(N)OCOc1ccccc1. The van der Waals surface area contributed by atoms with E-state index >= 15 is 0 Å². The summed E-state index contributed by atoms with van der Waals surface area (Å²) in [6.45, 7) is 3.73. The summed E-state index contributed by atoms with van der Waals surface area (Å²) >= 11 is 0. The Morgan fingerprint density at radius 2 is 1.85 bits per heavy atom. The van der Waals surface area contributed by atoms with Gasteiger partial charge in [0.2, 0.25) is 0 Å². The van der Waals surface area contributed by atoms with Crippen molar-refractivity contribution < 1.29 is 9.47 Å². The Bertz CT molecular complexity index is 241. The van der Waals surface area contributed by atoms with Crippen LogP contribution in [0.2, 0.25) is 0 Å². The molecule has 0 saturated carbocycles. The first-order chi connectivity index (χ1) is 6.08. The molecular weight excluding hydrogens is 166 g/mol. The van der Waals surface area contributed by atoms with Gasteiger partial charge in [-0.2, -0.15) is 0 Å². The molecule has 0 aliphatic carbocycles. The first kappa shape index (κ1) is 10.0. The van der Waals surface area contributed by atoms with E-state index in [0.717, 1.165) is 5.75 Å². The molecule has 0 aliphatic heterocycles. The summed E-state index contributed by atoms with van der Waals surface area (Å²) in [6, 6.07) is 9.48. The van der Waals surface area contributed by atoms with Crippen LogP contribution in [-0.4, -0.2) is 12.5 Å². The van der Waals surface area contributed by atoms with E-state index in [0.29, 0.717) is 0 Å². The number of nitrogens with two attached hydrogens (primary N) is 1. The molecule has 3 heteroatoms. The Morgan fingerprint density at radius 1 is 1.23 bits per heavy atom. The van der Waals surface area contributed by atoms with E-state index in [1.807, 2.05) is 30.3 Å². The van der Waals surface area contributed by atoms with Gasteiger partial charge in [-0.15, -0.1) is 0 Å². The predicted molar refractivity (Wildman–Crippen MR) is 51.3 cm³/mol. The van der Waals surface area contributed by atoms with E-state index < -0.39 is 5.72 Å². The van der Waals surface area contributed by atoms with Crippen LogP contribution in [0, 0.1) is 0 Å². The molecule has 0 aromatic heterocycles. The molecule has 1 aromatic carbocycles. The second-order valence-electron chi connectivity index (χ2n) is 3.32. The third-order valence-electron chi connectivity index (χ3n) is 1.40. The zero-order valence-corrected chi connectivity index (χ0v) is 7.99. The van der Waals surface area contributed by atoms with Gasteiger partial charge in [0.1, 0.15) is 11.5 Å². The van der Waals surface area contributed by atoms with Crippen LogP contribution in [-0.2, 0) is 4.74 Å². The van der Waals surface area contributed by atoms with E-state index in [-0.39, 0.29) is 6.79 Å². The highest BCUT2D eigenvalue weighted by Crippen LogP contribution is 2.09. The minimum Gasteiger partial charge on any atom is -0.467 e. The van der Waals surface area contributed by atoms with Gasteiger partial charge >= 0.3 is 0 Å². The van der Waals surface area contributed by atoms with Crippen molar-refractivity contribution in [2.24, 2.45) is 5.73 Å². The molecule has 1 rings (SSSR count). The Kier molecular flexibility index (Phi) is 3.28. The largest absolute Gasteiger partial charge is 0.467 e. The maximum Gasteiger partial charge on any atom is 0.191 e. The van der Waals surface area contributed by atoms with E-state index in [4.69, 9.17) is 15.2 Å². The molecule has 0 radical (unpaired) electrons. The first-order valence-electron chi connectivity index (χ1n) is 4.18. The van der Waals surface area contributed by atoms with Gasteiger partial charge in [-0.05, 0) is 26.0 Å². The third-order valence-corrected chi connectivity index (χ3v) is 1.40. The lowest BCUT2D eigenvalue weighted by atomic mass is 10.3. The number of rotatable bonds is 4. The molecule has 0 aliphatic rings. The molecule has 0 saturated heterocycles. The van der Waals surface area contributed by atoms with Gasteiger partial charge in [-0.1, -0.05) is 18.2 Å². The molecule has 0 heterocycles. The molecule has 0 atom stereocenters. The highest BCUT2D eigenvalue weighted by molar-refractivity contribution is 5.20. The van der Waals surface area contributed by atoms with Crippen molar-refractivity contribution in [1.29, 1.82) is 0 Å². The van der Waals surface area contributed by atoms with Crippen LogP contribution in [0.1, 0.15) is 13.8 Å². The molecule has 0 bridgehead atoms. The van der Waals surface area contributed by atoms with Crippen LogP contribution in [0.25, 0.3) is 0 Å². The lowest BCUT2D eigenvalue weighted by Crippen LogP contribution is -2.36. The number of ether oxygens (including phenoxy) is 2. The van der Waals surface area contributed by atoms with Gasteiger partial charge in [-0.3, -0.25) is 0 Å². The van der Waals surface area contributed by atoms with Gasteiger partial charge < -0.3 is 15.2 Å². The summed E-state index contributed by atoms with van der Waals surface area (Å²) in [5.41, 5.74) is 4.95. The van der Waals surface area contributed by atoms with Crippen LogP contribution >= 0.6 is 0 Å². The fourth-order valence-electron chi connectivity index (χ4n) is 0.766. The monoisotopic (exact) mass is 181 g/mol. The average Bonchev–Trinajstić information content (AvgIpc) is 2.04. The minimum absolute atomic E-state index is 0.174. The molecule has 3 nitrogen and oxygen atoms in total. The van der Waals surface area contributed by atoms with Crippen molar-refractivity contribution in [3.63, 3.8) is 0 Å². The van der Waals surface area contributed by atoms with Crippen molar-refractivity contribution in [3.05, 3.63) is 30.3 Å². The summed E-state index contributed by atoms with van der Waals surface area (Å²) < 4.78 is 10.5. The molecule has 0 unspecified atom stereocenters. The van der Waals surface area contributed by atoms with Crippen LogP contribution in [0.5, 0.6) is 5.75 Å². The smallest absolute Gasteiger partial charge is 0.191 e. The normalized spacial score (nSPS) is 11.3. The Balaban J connectivity index is 2.29. The van der Waals surface area contributed by atoms with E-state index in [9.17, 15) is 0 Å². The minimum atomic E-state index is -0.644. The number of benzene rings is 1. The average molecular weight is 181 g/mol. The molecule has 0 amide bonds. The molecule has 0 spiro atoms. The van der Waals surface area contributed by atoms with Crippen molar-refractivity contribution in [2.75, 3.05) is 6.79 Å². The Morgan fingerprint density at radius 3 is 2.38 bits per heavy atom. The fourth-order valence-corrected chi connectivity index (χ4v) is 0.766. The van der Waals surface area contributed by atoms with Gasteiger partial charge in [0, 0.05) is 0 Å². The van der Waals surface area contributed by atoms with Crippen molar-refractivity contribution in [2.45, 2.75) is 19.6 Å². The zero-order valence-electron chi connectivity index (χ0n) is 7.99. The molecule has 2 N–H and O–H groups in total. The Hall–Kier alpha value is -1.06. The number of hydrogen-bond donors (Lipinski definition) is 1. The Labute approximate surface area is 78.5 Å². The highest BCUT2D eigenvalue weighted by atomic mass is 16.7. The molecule has 72 valence electrons. The van der Waals surface area contributed by atoms with Crippen LogP contribution < -0.4 is 10.5 Å². The second-order valence-corrected chi connectivity index (χ2v) is 3.32. The van der Waals surface area contributed by atoms with Crippen molar-refractivity contribution in [3.8, 4) is 5.75 Å². The van der Waals surface area contributed by atoms with Gasteiger partial charge in [0.15, 0.2) is 6.79 Å². The molecular formula is C10H15NO2. The number of para-hydroxylation sites is 1. The van der Waals surface area contributed by atoms with Crippen molar-refractivity contribution >= 4 is 0 Å². The van der Waals surface area contributed by atoms with E-state index in [1.165, 1.54) is 0 Å². The fraction of sp³-hybridized carbons (Fsp3) is 0.400. The maximum absolute atomic E-state index is 5.60. The van der Waals surface area contributed by atoms with E-state index in [1.54, 1.807) is 13.8 Å². The first-order valence-corrected chi connectivity index (χ1v) is 4.18. The van der Waals surface area contributed by atoms with Gasteiger partial charge in [0.05, 0.1) is 0 Å². The summed E-state index contributed by atoms with van der Waals surface area (Å²) in [5, 5.41) is 0. The summed E-state index contributed by atoms with van der Waals surface area (Å²) in [4.78, 5) is 0. The summed E-state index contributed by atoms with van der Waals surface area (Å²) in [6.07, 6.45) is 0. The van der Waals surface area contributed by atoms with Crippen LogP contribution in [0.15, 0.2) is 30.3 Å². The molecule has 0 fully saturated rings. The summed E-state index contributed by atoms with van der Waals surface area (Å²) in [7, 11) is 0. The highest BCUT2D eigenvalue weighted by Gasteiger charge is 2.09. The molecule has 1 aromatic rings. The van der Waals surface area contributed by atoms with Crippen molar-refractivity contribution in [1.82, 2.24) is 0 Å². The second kappa shape index (κ2) is 4.25. The molecule has 13 heavy (non-hydrogen) atoms. The van der Waals surface area contributed by atoms with Gasteiger partial charge in [0.25, 0.3) is 0 Å². The third kappa shape index (κ3) is 4.50. The van der Waals surface area contributed by atoms with E-state index in [2.05, 4.69) is 0 Å². The zero-order chi connectivity index (χ0) is 9.73.